The van der Waals surface area contributed by atoms with Crippen LogP contribution >= 0.6 is 0 Å². The molecular weight excluding hydrogens is 366 g/mol. The number of amides is 3. The Morgan fingerprint density at radius 2 is 1.72 bits per heavy atom. The molecule has 0 unspecified atom stereocenters. The van der Waals surface area contributed by atoms with Crippen LogP contribution in [0.1, 0.15) is 42.1 Å². The second-order valence-corrected chi connectivity index (χ2v) is 7.52. The van der Waals surface area contributed by atoms with E-state index in [2.05, 4.69) is 12.2 Å². The molecule has 0 saturated carbocycles. The third kappa shape index (κ3) is 4.65. The van der Waals surface area contributed by atoms with Crippen molar-refractivity contribution < 1.29 is 14.4 Å². The SMILES string of the molecule is CCCCc1ccc(N2C(=O)C[C@H](Nc3ccc(C(=O)N(C)C)cc3)C2=O)cc1. The number of rotatable bonds is 7. The Kier molecular flexibility index (Phi) is 6.32. The third-order valence-electron chi connectivity index (χ3n) is 5.04. The van der Waals surface area contributed by atoms with E-state index < -0.39 is 6.04 Å². The Bertz CT molecular complexity index is 889. The number of unbranched alkanes of at least 4 members (excludes halogenated alkanes) is 1. The van der Waals surface area contributed by atoms with Crippen LogP contribution in [-0.4, -0.2) is 42.8 Å². The number of hydrogen-bond acceptors (Lipinski definition) is 4. The highest BCUT2D eigenvalue weighted by molar-refractivity contribution is 6.23. The highest BCUT2D eigenvalue weighted by Crippen LogP contribution is 2.26. The second kappa shape index (κ2) is 8.90. The first-order valence-corrected chi connectivity index (χ1v) is 9.94. The lowest BCUT2D eigenvalue weighted by molar-refractivity contribution is -0.121. The molecule has 0 bridgehead atoms. The molecule has 0 aromatic heterocycles. The van der Waals surface area contributed by atoms with Crippen molar-refractivity contribution in [2.75, 3.05) is 24.3 Å². The number of imide groups is 1. The average Bonchev–Trinajstić information content (AvgIpc) is 3.00. The first-order valence-electron chi connectivity index (χ1n) is 9.94. The highest BCUT2D eigenvalue weighted by Gasteiger charge is 2.39. The quantitative estimate of drug-likeness (QED) is 0.731. The Labute approximate surface area is 171 Å². The molecule has 0 spiro atoms. The summed E-state index contributed by atoms with van der Waals surface area (Å²) < 4.78 is 0. The van der Waals surface area contributed by atoms with Crippen LogP contribution in [0, 0.1) is 0 Å². The summed E-state index contributed by atoms with van der Waals surface area (Å²) in [5.41, 5.74) is 3.08. The van der Waals surface area contributed by atoms with Crippen molar-refractivity contribution >= 4 is 29.1 Å². The molecule has 6 nitrogen and oxygen atoms in total. The lowest BCUT2D eigenvalue weighted by Crippen LogP contribution is -2.34. The zero-order chi connectivity index (χ0) is 21.0. The normalized spacial score (nSPS) is 16.2. The Balaban J connectivity index is 1.68. The monoisotopic (exact) mass is 393 g/mol. The van der Waals surface area contributed by atoms with Gasteiger partial charge in [0, 0.05) is 25.3 Å². The fourth-order valence-corrected chi connectivity index (χ4v) is 3.38. The molecule has 1 saturated heterocycles. The molecular formula is C23H27N3O3. The number of anilines is 2. The molecule has 3 rings (SSSR count). The van der Waals surface area contributed by atoms with Gasteiger partial charge < -0.3 is 10.2 Å². The number of hydrogen-bond donors (Lipinski definition) is 1. The summed E-state index contributed by atoms with van der Waals surface area (Å²) in [4.78, 5) is 40.0. The first kappa shape index (κ1) is 20.6. The minimum Gasteiger partial charge on any atom is -0.373 e. The predicted molar refractivity (Wildman–Crippen MR) is 114 cm³/mol. The van der Waals surface area contributed by atoms with Gasteiger partial charge in [-0.1, -0.05) is 25.5 Å². The summed E-state index contributed by atoms with van der Waals surface area (Å²) >= 11 is 0. The predicted octanol–water partition coefficient (Wildman–Crippen LogP) is 3.48. The maximum atomic E-state index is 12.8. The number of aryl methyl sites for hydroxylation is 1. The molecule has 1 fully saturated rings. The molecule has 152 valence electrons. The summed E-state index contributed by atoms with van der Waals surface area (Å²) in [6.07, 6.45) is 3.35. The fourth-order valence-electron chi connectivity index (χ4n) is 3.38. The number of carbonyl (C=O) groups is 3. The molecule has 1 aliphatic rings. The lowest BCUT2D eigenvalue weighted by Gasteiger charge is -2.17. The molecule has 6 heteroatoms. The van der Waals surface area contributed by atoms with Gasteiger partial charge in [-0.15, -0.1) is 0 Å². The van der Waals surface area contributed by atoms with Crippen molar-refractivity contribution in [1.29, 1.82) is 0 Å². The molecule has 2 aromatic rings. The number of carbonyl (C=O) groups excluding carboxylic acids is 3. The van der Waals surface area contributed by atoms with Gasteiger partial charge in [-0.05, 0) is 54.8 Å². The largest absolute Gasteiger partial charge is 0.373 e. The summed E-state index contributed by atoms with van der Waals surface area (Å²) in [5.74, 6) is -0.560. The van der Waals surface area contributed by atoms with Gasteiger partial charge in [0.1, 0.15) is 6.04 Å². The molecule has 1 N–H and O–H groups in total. The van der Waals surface area contributed by atoms with Crippen molar-refractivity contribution in [2.45, 2.75) is 38.6 Å². The van der Waals surface area contributed by atoms with Crippen molar-refractivity contribution in [3.63, 3.8) is 0 Å². The fraction of sp³-hybridized carbons (Fsp3) is 0.348. The summed E-state index contributed by atoms with van der Waals surface area (Å²) in [6.45, 7) is 2.15. The van der Waals surface area contributed by atoms with Gasteiger partial charge in [-0.25, -0.2) is 4.90 Å². The lowest BCUT2D eigenvalue weighted by atomic mass is 10.1. The van der Waals surface area contributed by atoms with Crippen LogP contribution in [0.2, 0.25) is 0 Å². The van der Waals surface area contributed by atoms with E-state index in [9.17, 15) is 14.4 Å². The zero-order valence-electron chi connectivity index (χ0n) is 17.1. The van der Waals surface area contributed by atoms with E-state index in [4.69, 9.17) is 0 Å². The van der Waals surface area contributed by atoms with Gasteiger partial charge in [0.2, 0.25) is 5.91 Å². The summed E-state index contributed by atoms with van der Waals surface area (Å²) in [7, 11) is 3.39. The molecule has 1 heterocycles. The molecule has 3 amide bonds. The molecule has 1 atom stereocenters. The van der Waals surface area contributed by atoms with Gasteiger partial charge in [-0.3, -0.25) is 14.4 Å². The number of nitrogens with one attached hydrogen (secondary N) is 1. The van der Waals surface area contributed by atoms with Crippen molar-refractivity contribution in [3.8, 4) is 0 Å². The Morgan fingerprint density at radius 3 is 2.31 bits per heavy atom. The molecule has 29 heavy (non-hydrogen) atoms. The van der Waals surface area contributed by atoms with Crippen LogP contribution in [0.5, 0.6) is 0 Å². The van der Waals surface area contributed by atoms with E-state index in [1.54, 1.807) is 38.4 Å². The Hall–Kier alpha value is -3.15. The van der Waals surface area contributed by atoms with Gasteiger partial charge in [0.05, 0.1) is 12.1 Å². The zero-order valence-corrected chi connectivity index (χ0v) is 17.1. The van der Waals surface area contributed by atoms with Crippen LogP contribution < -0.4 is 10.2 Å². The van der Waals surface area contributed by atoms with E-state index in [1.165, 1.54) is 15.4 Å². The topological polar surface area (TPSA) is 69.7 Å². The minimum absolute atomic E-state index is 0.0859. The van der Waals surface area contributed by atoms with Crippen LogP contribution in [0.15, 0.2) is 48.5 Å². The van der Waals surface area contributed by atoms with Crippen LogP contribution in [0.3, 0.4) is 0 Å². The second-order valence-electron chi connectivity index (χ2n) is 7.52. The maximum absolute atomic E-state index is 12.8. The van der Waals surface area contributed by atoms with Gasteiger partial charge in [0.15, 0.2) is 0 Å². The van der Waals surface area contributed by atoms with Crippen molar-refractivity contribution in [1.82, 2.24) is 4.90 Å². The minimum atomic E-state index is -0.613. The van der Waals surface area contributed by atoms with Crippen LogP contribution in [0.25, 0.3) is 0 Å². The van der Waals surface area contributed by atoms with Crippen molar-refractivity contribution in [2.24, 2.45) is 0 Å². The number of nitrogens with zero attached hydrogens (tertiary/aromatic N) is 2. The Morgan fingerprint density at radius 1 is 1.07 bits per heavy atom. The molecule has 0 radical (unpaired) electrons. The number of benzene rings is 2. The summed E-state index contributed by atoms with van der Waals surface area (Å²) in [5, 5.41) is 3.12. The van der Waals surface area contributed by atoms with E-state index >= 15 is 0 Å². The van der Waals surface area contributed by atoms with Crippen LogP contribution in [0.4, 0.5) is 11.4 Å². The van der Waals surface area contributed by atoms with Gasteiger partial charge in [-0.2, -0.15) is 0 Å². The van der Waals surface area contributed by atoms with E-state index in [1.807, 2.05) is 24.3 Å². The molecule has 1 aliphatic heterocycles. The maximum Gasteiger partial charge on any atom is 0.256 e. The van der Waals surface area contributed by atoms with E-state index in [-0.39, 0.29) is 24.1 Å². The standard InChI is InChI=1S/C23H27N3O3/c1-4-5-6-16-7-13-19(14-8-16)26-21(27)15-20(23(26)29)24-18-11-9-17(10-12-18)22(28)25(2)3/h7-14,20,24H,4-6,15H2,1-3H3/t20-/m0/s1. The van der Waals surface area contributed by atoms with Crippen LogP contribution in [-0.2, 0) is 16.0 Å². The van der Waals surface area contributed by atoms with E-state index in [0.717, 1.165) is 19.3 Å². The third-order valence-corrected chi connectivity index (χ3v) is 5.04. The van der Waals surface area contributed by atoms with Gasteiger partial charge in [0.25, 0.3) is 11.8 Å². The first-order chi connectivity index (χ1) is 13.9. The van der Waals surface area contributed by atoms with Gasteiger partial charge >= 0.3 is 0 Å². The summed E-state index contributed by atoms with van der Waals surface area (Å²) in [6, 6.07) is 13.9. The highest BCUT2D eigenvalue weighted by atomic mass is 16.2. The smallest absolute Gasteiger partial charge is 0.256 e. The van der Waals surface area contributed by atoms with E-state index in [0.29, 0.717) is 16.9 Å². The molecule has 0 aliphatic carbocycles. The van der Waals surface area contributed by atoms with Crippen molar-refractivity contribution in [3.05, 3.63) is 59.7 Å². The molecule has 2 aromatic carbocycles. The average molecular weight is 393 g/mol.